The van der Waals surface area contributed by atoms with E-state index in [1.165, 1.54) is 11.1 Å². The third-order valence-corrected chi connectivity index (χ3v) is 6.96. The summed E-state index contributed by atoms with van der Waals surface area (Å²) in [7, 11) is 2.26. The number of piperidine rings is 1. The van der Waals surface area contributed by atoms with Crippen LogP contribution in [0.25, 0.3) is 0 Å². The highest BCUT2D eigenvalue weighted by Gasteiger charge is 2.65. The first-order chi connectivity index (χ1) is 11.8. The van der Waals surface area contributed by atoms with Crippen molar-refractivity contribution in [3.63, 3.8) is 0 Å². The second kappa shape index (κ2) is 4.92. The standard InChI is InChI=1S/C21H29NO3/c1-20(2,3)25-16-8-5-12-11-14-13-6-7-15(23)19-21(13,9-10-22(14)4)17(12)18(16)24-19/h5,8,13-15,19,23H,6-7,9-11H2,1-4H3/t13-,14+,15-,19-,21-/m0/s1. The average molecular weight is 343 g/mol. The van der Waals surface area contributed by atoms with Gasteiger partial charge in [0, 0.05) is 17.0 Å². The quantitative estimate of drug-likeness (QED) is 0.851. The smallest absolute Gasteiger partial charge is 0.166 e. The maximum absolute atomic E-state index is 10.8. The summed E-state index contributed by atoms with van der Waals surface area (Å²) in [6.07, 6.45) is 3.63. The van der Waals surface area contributed by atoms with Crippen LogP contribution in [-0.2, 0) is 11.8 Å². The van der Waals surface area contributed by atoms with Gasteiger partial charge in [-0.1, -0.05) is 6.07 Å². The molecule has 1 saturated heterocycles. The van der Waals surface area contributed by atoms with Gasteiger partial charge in [0.25, 0.3) is 0 Å². The van der Waals surface area contributed by atoms with Gasteiger partial charge in [0.05, 0.1) is 6.10 Å². The predicted octanol–water partition coefficient (Wildman–Crippen LogP) is 2.89. The molecule has 136 valence electrons. The Labute approximate surface area is 150 Å². The van der Waals surface area contributed by atoms with Crippen LogP contribution in [0.2, 0.25) is 0 Å². The van der Waals surface area contributed by atoms with Gasteiger partial charge in [-0.05, 0) is 77.6 Å². The van der Waals surface area contributed by atoms with Gasteiger partial charge in [-0.3, -0.25) is 0 Å². The number of hydrogen-bond donors (Lipinski definition) is 1. The van der Waals surface area contributed by atoms with E-state index in [1.54, 1.807) is 0 Å². The Hall–Kier alpha value is -1.26. The van der Waals surface area contributed by atoms with Crippen molar-refractivity contribution in [2.75, 3.05) is 13.6 Å². The van der Waals surface area contributed by atoms with Crippen molar-refractivity contribution < 1.29 is 14.6 Å². The highest BCUT2D eigenvalue weighted by Crippen LogP contribution is 2.63. The number of nitrogens with zero attached hydrogens (tertiary/aromatic N) is 1. The summed E-state index contributed by atoms with van der Waals surface area (Å²) >= 11 is 0. The zero-order chi connectivity index (χ0) is 17.6. The van der Waals surface area contributed by atoms with Crippen LogP contribution in [0.4, 0.5) is 0 Å². The minimum atomic E-state index is -0.374. The average Bonchev–Trinajstić information content (AvgIpc) is 2.88. The zero-order valence-electron chi connectivity index (χ0n) is 15.7. The molecule has 2 fully saturated rings. The van der Waals surface area contributed by atoms with Crippen LogP contribution in [0.15, 0.2) is 12.1 Å². The maximum atomic E-state index is 10.8. The van der Waals surface area contributed by atoms with E-state index in [0.717, 1.165) is 43.7 Å². The topological polar surface area (TPSA) is 41.9 Å². The van der Waals surface area contributed by atoms with Gasteiger partial charge in [0.15, 0.2) is 11.5 Å². The van der Waals surface area contributed by atoms with E-state index in [-0.39, 0.29) is 23.2 Å². The Kier molecular flexibility index (Phi) is 3.14. The fourth-order valence-electron chi connectivity index (χ4n) is 6.11. The van der Waals surface area contributed by atoms with Crippen molar-refractivity contribution in [2.45, 2.75) is 75.7 Å². The number of hydrogen-bond acceptors (Lipinski definition) is 4. The van der Waals surface area contributed by atoms with E-state index >= 15 is 0 Å². The fourth-order valence-corrected chi connectivity index (χ4v) is 6.11. The van der Waals surface area contributed by atoms with E-state index in [4.69, 9.17) is 9.47 Å². The first-order valence-corrected chi connectivity index (χ1v) is 9.71. The Balaban J connectivity index is 1.72. The molecule has 1 aromatic rings. The minimum absolute atomic E-state index is 0.0188. The Bertz CT molecular complexity index is 725. The van der Waals surface area contributed by atoms with E-state index in [9.17, 15) is 5.11 Å². The van der Waals surface area contributed by atoms with Crippen LogP contribution >= 0.6 is 0 Å². The third kappa shape index (κ3) is 2.01. The van der Waals surface area contributed by atoms with E-state index in [1.807, 2.05) is 0 Å². The molecule has 4 heteroatoms. The molecule has 4 nitrogen and oxygen atoms in total. The van der Waals surface area contributed by atoms with E-state index in [0.29, 0.717) is 12.0 Å². The Morgan fingerprint density at radius 1 is 1.28 bits per heavy atom. The molecule has 0 amide bonds. The number of ether oxygens (including phenoxy) is 2. The summed E-state index contributed by atoms with van der Waals surface area (Å²) < 4.78 is 12.7. The summed E-state index contributed by atoms with van der Waals surface area (Å²) in [6, 6.07) is 4.90. The predicted molar refractivity (Wildman–Crippen MR) is 96.4 cm³/mol. The van der Waals surface area contributed by atoms with Gasteiger partial charge in [0.2, 0.25) is 0 Å². The van der Waals surface area contributed by atoms with Crippen molar-refractivity contribution in [2.24, 2.45) is 5.92 Å². The highest BCUT2D eigenvalue weighted by atomic mass is 16.5. The number of aliphatic hydroxyl groups excluding tert-OH is 1. The molecular weight excluding hydrogens is 314 g/mol. The number of likely N-dealkylation sites (N-methyl/N-ethyl adjacent to an activating group) is 1. The lowest BCUT2D eigenvalue weighted by atomic mass is 9.51. The maximum Gasteiger partial charge on any atom is 0.166 e. The van der Waals surface area contributed by atoms with Crippen LogP contribution in [-0.4, -0.2) is 47.4 Å². The van der Waals surface area contributed by atoms with Crippen LogP contribution < -0.4 is 9.47 Å². The molecule has 5 atom stereocenters. The number of likely N-dealkylation sites (tertiary alicyclic amines) is 1. The lowest BCUT2D eigenvalue weighted by Crippen LogP contribution is -2.66. The summed E-state index contributed by atoms with van der Waals surface area (Å²) in [6.45, 7) is 7.30. The lowest BCUT2D eigenvalue weighted by Gasteiger charge is -2.58. The van der Waals surface area contributed by atoms with E-state index < -0.39 is 0 Å². The molecule has 0 radical (unpaired) electrons. The monoisotopic (exact) mass is 343 g/mol. The minimum Gasteiger partial charge on any atom is -0.484 e. The lowest BCUT2D eigenvalue weighted by molar-refractivity contribution is -0.0995. The summed E-state index contributed by atoms with van der Waals surface area (Å²) in [5.74, 6) is 2.35. The molecule has 25 heavy (non-hydrogen) atoms. The molecule has 2 bridgehead atoms. The summed E-state index contributed by atoms with van der Waals surface area (Å²) in [5, 5.41) is 10.8. The van der Waals surface area contributed by atoms with Gasteiger partial charge in [-0.25, -0.2) is 0 Å². The second-order valence-electron chi connectivity index (χ2n) is 9.47. The third-order valence-electron chi connectivity index (χ3n) is 6.96. The van der Waals surface area contributed by atoms with Crippen LogP contribution in [0.5, 0.6) is 11.5 Å². The Morgan fingerprint density at radius 3 is 2.84 bits per heavy atom. The fraction of sp³-hybridized carbons (Fsp3) is 0.714. The second-order valence-corrected chi connectivity index (χ2v) is 9.47. The van der Waals surface area contributed by atoms with Crippen molar-refractivity contribution >= 4 is 0 Å². The normalized spacial score (nSPS) is 38.9. The Morgan fingerprint density at radius 2 is 2.08 bits per heavy atom. The summed E-state index contributed by atoms with van der Waals surface area (Å²) in [4.78, 5) is 2.53. The molecule has 1 aromatic carbocycles. The molecule has 1 N–H and O–H groups in total. The van der Waals surface area contributed by atoms with Crippen LogP contribution in [0, 0.1) is 5.92 Å². The van der Waals surface area contributed by atoms with Crippen molar-refractivity contribution in [3.8, 4) is 11.5 Å². The molecule has 1 saturated carbocycles. The van der Waals surface area contributed by atoms with Gasteiger partial charge in [-0.2, -0.15) is 0 Å². The first kappa shape index (κ1) is 16.0. The number of aliphatic hydroxyl groups is 1. The number of rotatable bonds is 1. The molecule has 5 rings (SSSR count). The number of benzene rings is 1. The van der Waals surface area contributed by atoms with Crippen molar-refractivity contribution in [1.82, 2.24) is 4.90 Å². The largest absolute Gasteiger partial charge is 0.484 e. The molecule has 0 unspecified atom stereocenters. The molecule has 1 spiro atoms. The van der Waals surface area contributed by atoms with Crippen molar-refractivity contribution in [1.29, 1.82) is 0 Å². The molecule has 2 aliphatic carbocycles. The molecule has 2 aliphatic heterocycles. The van der Waals surface area contributed by atoms with Crippen molar-refractivity contribution in [3.05, 3.63) is 23.3 Å². The molecule has 0 aromatic heterocycles. The van der Waals surface area contributed by atoms with Crippen LogP contribution in [0.1, 0.15) is 51.2 Å². The molecular formula is C21H29NO3. The SMILES string of the molecule is CN1CC[C@]23c4c5ccc(OC(C)(C)C)c4O[C@H]2[C@@H](O)CC[C@H]3[C@H]1C5. The molecule has 4 aliphatic rings. The summed E-state index contributed by atoms with van der Waals surface area (Å²) in [5.41, 5.74) is 2.49. The van der Waals surface area contributed by atoms with Gasteiger partial charge in [-0.15, -0.1) is 0 Å². The first-order valence-electron chi connectivity index (χ1n) is 9.71. The van der Waals surface area contributed by atoms with Gasteiger partial charge >= 0.3 is 0 Å². The van der Waals surface area contributed by atoms with Gasteiger partial charge < -0.3 is 19.5 Å². The zero-order valence-corrected chi connectivity index (χ0v) is 15.7. The molecule has 2 heterocycles. The van der Waals surface area contributed by atoms with E-state index in [2.05, 4.69) is 44.9 Å². The van der Waals surface area contributed by atoms with Gasteiger partial charge in [0.1, 0.15) is 11.7 Å². The van der Waals surface area contributed by atoms with Crippen LogP contribution in [0.3, 0.4) is 0 Å². The highest BCUT2D eigenvalue weighted by molar-refractivity contribution is 5.61.